The van der Waals surface area contributed by atoms with Crippen molar-refractivity contribution in [1.82, 2.24) is 0 Å². The maximum Gasteiger partial charge on any atom is 0.259 e. The molecule has 0 saturated carbocycles. The van der Waals surface area contributed by atoms with Crippen LogP contribution < -0.4 is 20.9 Å². The number of carbonyl (C=O) groups excluding carboxylic acids is 3. The summed E-state index contributed by atoms with van der Waals surface area (Å²) in [7, 11) is 0. The molecule has 0 aromatic heterocycles. The van der Waals surface area contributed by atoms with E-state index in [9.17, 15) is 19.5 Å². The molecule has 4 rings (SSSR count). The zero-order chi connectivity index (χ0) is 23.5. The summed E-state index contributed by atoms with van der Waals surface area (Å²) >= 11 is 0. The highest BCUT2D eigenvalue weighted by Crippen LogP contribution is 2.26. The van der Waals surface area contributed by atoms with E-state index in [1.54, 1.807) is 53.4 Å². The molecule has 2 aromatic rings. The average Bonchev–Trinajstić information content (AvgIpc) is 3.25. The fraction of sp³-hybridized carbons (Fsp3) is 0.304. The van der Waals surface area contributed by atoms with Crippen LogP contribution in [-0.4, -0.2) is 60.6 Å². The lowest BCUT2D eigenvalue weighted by atomic mass is 10.1. The van der Waals surface area contributed by atoms with E-state index in [0.29, 0.717) is 29.9 Å². The first-order valence-electron chi connectivity index (χ1n) is 10.6. The number of nitrogens with one attached hydrogen (secondary N) is 2. The number of hydrogen-bond donors (Lipinski definition) is 4. The summed E-state index contributed by atoms with van der Waals surface area (Å²) < 4.78 is 5.43. The van der Waals surface area contributed by atoms with Crippen LogP contribution in [0.1, 0.15) is 18.4 Å². The number of aliphatic hydroxyl groups excluding tert-OH is 1. The quantitative estimate of drug-likeness (QED) is 0.378. The van der Waals surface area contributed by atoms with Crippen LogP contribution in [0.3, 0.4) is 0 Å². The summed E-state index contributed by atoms with van der Waals surface area (Å²) in [6.07, 6.45) is -1.71. The Balaban J connectivity index is 1.42. The summed E-state index contributed by atoms with van der Waals surface area (Å²) in [6, 6.07) is 13.3. The molecule has 172 valence electrons. The average molecular weight is 451 g/mol. The Bertz CT molecular complexity index is 1070. The maximum absolute atomic E-state index is 13.0. The van der Waals surface area contributed by atoms with Gasteiger partial charge in [-0.15, -0.1) is 0 Å². The number of amidine groups is 1. The highest BCUT2D eigenvalue weighted by Gasteiger charge is 2.39. The normalized spacial score (nSPS) is 19.5. The van der Waals surface area contributed by atoms with Gasteiger partial charge in [0.2, 0.25) is 5.91 Å². The monoisotopic (exact) mass is 451 g/mol. The molecular formula is C23H25N5O5. The van der Waals surface area contributed by atoms with Crippen LogP contribution in [0.15, 0.2) is 48.5 Å². The van der Waals surface area contributed by atoms with E-state index in [0.717, 1.165) is 12.1 Å². The van der Waals surface area contributed by atoms with E-state index in [2.05, 4.69) is 5.32 Å². The molecule has 0 spiro atoms. The molecule has 10 nitrogen and oxygen atoms in total. The molecule has 0 radical (unpaired) electrons. The number of ether oxygens (including phenoxy) is 1. The Morgan fingerprint density at radius 2 is 1.70 bits per heavy atom. The van der Waals surface area contributed by atoms with E-state index in [-0.39, 0.29) is 24.9 Å². The van der Waals surface area contributed by atoms with Gasteiger partial charge < -0.3 is 30.7 Å². The number of nitrogens with two attached hydrogens (primary N) is 1. The lowest BCUT2D eigenvalue weighted by Crippen LogP contribution is -2.55. The number of rotatable bonds is 6. The second-order valence-electron chi connectivity index (χ2n) is 7.87. The van der Waals surface area contributed by atoms with E-state index in [1.165, 1.54) is 4.90 Å². The highest BCUT2D eigenvalue weighted by molar-refractivity contribution is 6.04. The van der Waals surface area contributed by atoms with Gasteiger partial charge >= 0.3 is 0 Å². The number of anilines is 3. The Hall–Kier alpha value is -3.76. The zero-order valence-electron chi connectivity index (χ0n) is 17.9. The summed E-state index contributed by atoms with van der Waals surface area (Å²) in [5, 5.41) is 20.5. The summed E-state index contributed by atoms with van der Waals surface area (Å²) in [4.78, 5) is 40.6. The smallest absolute Gasteiger partial charge is 0.259 e. The number of carbonyl (C=O) groups is 3. The van der Waals surface area contributed by atoms with Gasteiger partial charge in [0.25, 0.3) is 11.8 Å². The highest BCUT2D eigenvalue weighted by atomic mass is 16.5. The van der Waals surface area contributed by atoms with Gasteiger partial charge in [-0.3, -0.25) is 19.8 Å². The van der Waals surface area contributed by atoms with Crippen molar-refractivity contribution in [2.45, 2.75) is 25.0 Å². The molecule has 2 aliphatic heterocycles. The van der Waals surface area contributed by atoms with Crippen LogP contribution in [0.4, 0.5) is 17.1 Å². The maximum atomic E-state index is 13.0. The number of aliphatic hydroxyl groups is 1. The molecule has 33 heavy (non-hydrogen) atoms. The minimum absolute atomic E-state index is 0.0790. The van der Waals surface area contributed by atoms with Crippen LogP contribution in [0.25, 0.3) is 0 Å². The standard InChI is InChI=1S/C23H25N5O5/c24-21(25)14-3-5-15(6-4-14)26-22(31)19(30)20-23(32)28(12-13-33-20)17-9-7-16(8-10-17)27-11-1-2-18(27)29/h3-10,19-20,30H,1-2,11-13H2,(H3,24,25)(H,26,31)/t19-,20-/m1/s1. The van der Waals surface area contributed by atoms with E-state index < -0.39 is 24.0 Å². The predicted molar refractivity (Wildman–Crippen MR) is 122 cm³/mol. The van der Waals surface area contributed by atoms with Crippen LogP contribution in [0.2, 0.25) is 0 Å². The van der Waals surface area contributed by atoms with Crippen molar-refractivity contribution < 1.29 is 24.2 Å². The zero-order valence-corrected chi connectivity index (χ0v) is 17.9. The third kappa shape index (κ3) is 4.71. The van der Waals surface area contributed by atoms with Crippen LogP contribution >= 0.6 is 0 Å². The first-order valence-corrected chi connectivity index (χ1v) is 10.6. The largest absolute Gasteiger partial charge is 0.384 e. The van der Waals surface area contributed by atoms with Gasteiger partial charge in [0.05, 0.1) is 6.61 Å². The molecular weight excluding hydrogens is 426 g/mol. The first-order chi connectivity index (χ1) is 15.8. The second kappa shape index (κ2) is 9.39. The number of amides is 3. The molecule has 10 heteroatoms. The molecule has 0 aliphatic carbocycles. The van der Waals surface area contributed by atoms with Crippen LogP contribution in [0.5, 0.6) is 0 Å². The first kappa shape index (κ1) is 22.4. The summed E-state index contributed by atoms with van der Waals surface area (Å²) in [5.41, 5.74) is 7.66. The number of morpholine rings is 1. The third-order valence-electron chi connectivity index (χ3n) is 5.69. The van der Waals surface area contributed by atoms with Crippen LogP contribution in [0, 0.1) is 5.41 Å². The van der Waals surface area contributed by atoms with Crippen molar-refractivity contribution in [2.24, 2.45) is 5.73 Å². The molecule has 2 saturated heterocycles. The molecule has 2 aliphatic rings. The van der Waals surface area contributed by atoms with E-state index in [4.69, 9.17) is 15.9 Å². The van der Waals surface area contributed by atoms with Gasteiger partial charge in [-0.1, -0.05) is 0 Å². The van der Waals surface area contributed by atoms with Gasteiger partial charge in [-0.05, 0) is 55.0 Å². The van der Waals surface area contributed by atoms with Gasteiger partial charge in [0, 0.05) is 42.1 Å². The van der Waals surface area contributed by atoms with Crippen molar-refractivity contribution in [3.63, 3.8) is 0 Å². The SMILES string of the molecule is N=C(N)c1ccc(NC(=O)[C@H](O)[C@H]2OCCN(c3ccc(N4CCCC4=O)cc3)C2=O)cc1. The Morgan fingerprint density at radius 3 is 2.27 bits per heavy atom. The number of nitrogens with zero attached hydrogens (tertiary/aromatic N) is 2. The number of hydrogen-bond acceptors (Lipinski definition) is 6. The topological polar surface area (TPSA) is 149 Å². The molecule has 3 amide bonds. The summed E-state index contributed by atoms with van der Waals surface area (Å²) in [5.74, 6) is -1.33. The second-order valence-corrected chi connectivity index (χ2v) is 7.87. The molecule has 2 atom stereocenters. The van der Waals surface area contributed by atoms with Crippen molar-refractivity contribution >= 4 is 40.6 Å². The molecule has 2 heterocycles. The molecule has 5 N–H and O–H groups in total. The minimum atomic E-state index is -1.71. The number of benzene rings is 2. The van der Waals surface area contributed by atoms with E-state index >= 15 is 0 Å². The van der Waals surface area contributed by atoms with Crippen molar-refractivity contribution in [1.29, 1.82) is 5.41 Å². The lowest BCUT2D eigenvalue weighted by molar-refractivity contribution is -0.150. The van der Waals surface area contributed by atoms with Gasteiger partial charge in [0.1, 0.15) is 5.84 Å². The fourth-order valence-corrected chi connectivity index (χ4v) is 3.91. The van der Waals surface area contributed by atoms with Gasteiger partial charge in [-0.25, -0.2) is 0 Å². The molecule has 0 bridgehead atoms. The Kier molecular flexibility index (Phi) is 6.38. The third-order valence-corrected chi connectivity index (χ3v) is 5.69. The fourth-order valence-electron chi connectivity index (χ4n) is 3.91. The molecule has 2 aromatic carbocycles. The Labute approximate surface area is 190 Å². The van der Waals surface area contributed by atoms with Crippen molar-refractivity contribution in [3.8, 4) is 0 Å². The van der Waals surface area contributed by atoms with Gasteiger partial charge in [-0.2, -0.15) is 0 Å². The van der Waals surface area contributed by atoms with Crippen molar-refractivity contribution in [3.05, 3.63) is 54.1 Å². The minimum Gasteiger partial charge on any atom is -0.384 e. The van der Waals surface area contributed by atoms with E-state index in [1.807, 2.05) is 0 Å². The molecule has 2 fully saturated rings. The number of nitrogen functional groups attached to an aromatic ring is 1. The Morgan fingerprint density at radius 1 is 1.06 bits per heavy atom. The van der Waals surface area contributed by atoms with Crippen LogP contribution in [-0.2, 0) is 19.1 Å². The van der Waals surface area contributed by atoms with Crippen molar-refractivity contribution in [2.75, 3.05) is 34.8 Å². The summed E-state index contributed by atoms with van der Waals surface area (Å²) in [6.45, 7) is 1.11. The van der Waals surface area contributed by atoms with Gasteiger partial charge in [0.15, 0.2) is 12.2 Å². The molecule has 0 unspecified atom stereocenters. The predicted octanol–water partition coefficient (Wildman–Crippen LogP) is 0.829. The lowest BCUT2D eigenvalue weighted by Gasteiger charge is -2.34.